The smallest absolute Gasteiger partial charge is 0.115 e. The second-order valence-corrected chi connectivity index (χ2v) is 6.60. The standard InChI is InChI=1S/C12H8S2.C6H6O/c1-2-6-10-9(5-1)13-11-7-3-4-8-12(11)14-10;7-6-4-2-1-3-5-6/h1-8H;1-5,7H. The van der Waals surface area contributed by atoms with Gasteiger partial charge >= 0.3 is 0 Å². The van der Waals surface area contributed by atoms with Crippen molar-refractivity contribution in [1.29, 1.82) is 0 Å². The highest BCUT2D eigenvalue weighted by Crippen LogP contribution is 2.47. The van der Waals surface area contributed by atoms with E-state index in [4.69, 9.17) is 5.11 Å². The normalized spacial score (nSPS) is 11.6. The molecule has 0 bridgehead atoms. The molecule has 3 heteroatoms. The number of aromatic hydroxyl groups is 1. The summed E-state index contributed by atoms with van der Waals surface area (Å²) in [5, 5.41) is 8.63. The van der Waals surface area contributed by atoms with Gasteiger partial charge in [0.1, 0.15) is 5.75 Å². The Hall–Kier alpha value is -1.84. The van der Waals surface area contributed by atoms with Crippen molar-refractivity contribution in [1.82, 2.24) is 0 Å². The third kappa shape index (κ3) is 3.63. The lowest BCUT2D eigenvalue weighted by Gasteiger charge is -2.17. The molecule has 1 heterocycles. The molecule has 3 aromatic rings. The zero-order valence-corrected chi connectivity index (χ0v) is 12.9. The van der Waals surface area contributed by atoms with Gasteiger partial charge in [-0.15, -0.1) is 0 Å². The third-order valence-corrected chi connectivity index (χ3v) is 5.46. The molecule has 0 atom stereocenters. The van der Waals surface area contributed by atoms with Crippen molar-refractivity contribution in [3.63, 3.8) is 0 Å². The van der Waals surface area contributed by atoms with Crippen molar-refractivity contribution >= 4 is 23.5 Å². The Kier molecular flexibility index (Phi) is 4.53. The van der Waals surface area contributed by atoms with Crippen molar-refractivity contribution < 1.29 is 5.11 Å². The zero-order chi connectivity index (χ0) is 14.5. The van der Waals surface area contributed by atoms with Crippen LogP contribution in [0.25, 0.3) is 0 Å². The molecule has 0 amide bonds. The molecule has 4 rings (SSSR count). The van der Waals surface area contributed by atoms with E-state index >= 15 is 0 Å². The summed E-state index contributed by atoms with van der Waals surface area (Å²) < 4.78 is 0. The number of para-hydroxylation sites is 1. The predicted octanol–water partition coefficient (Wildman–Crippen LogP) is 5.69. The highest BCUT2D eigenvalue weighted by molar-refractivity contribution is 8.05. The number of fused-ring (bicyclic) bond motifs is 2. The second-order valence-electron chi connectivity index (χ2n) is 4.43. The van der Waals surface area contributed by atoms with E-state index in [2.05, 4.69) is 48.5 Å². The molecule has 1 N–H and O–H groups in total. The van der Waals surface area contributed by atoms with Gasteiger partial charge in [-0.25, -0.2) is 0 Å². The molecular formula is C18H14OS2. The van der Waals surface area contributed by atoms with Crippen LogP contribution in [0.3, 0.4) is 0 Å². The summed E-state index contributed by atoms with van der Waals surface area (Å²) in [4.78, 5) is 5.49. The Morgan fingerprint density at radius 1 is 0.476 bits per heavy atom. The van der Waals surface area contributed by atoms with E-state index in [1.54, 1.807) is 24.3 Å². The topological polar surface area (TPSA) is 20.2 Å². The Balaban J connectivity index is 0.000000160. The molecule has 21 heavy (non-hydrogen) atoms. The van der Waals surface area contributed by atoms with Gasteiger partial charge in [-0.05, 0) is 36.4 Å². The monoisotopic (exact) mass is 310 g/mol. The van der Waals surface area contributed by atoms with Gasteiger partial charge in [0, 0.05) is 19.6 Å². The summed E-state index contributed by atoms with van der Waals surface area (Å²) in [6, 6.07) is 25.8. The van der Waals surface area contributed by atoms with Gasteiger partial charge < -0.3 is 5.11 Å². The van der Waals surface area contributed by atoms with Crippen molar-refractivity contribution in [3.8, 4) is 5.75 Å². The van der Waals surface area contributed by atoms with Gasteiger partial charge in [0.15, 0.2) is 0 Å². The average molecular weight is 310 g/mol. The van der Waals surface area contributed by atoms with E-state index in [0.717, 1.165) is 0 Å². The molecule has 0 fully saturated rings. The molecule has 0 aromatic heterocycles. The first-order chi connectivity index (χ1) is 10.3. The van der Waals surface area contributed by atoms with E-state index in [-0.39, 0.29) is 0 Å². The molecule has 1 nitrogen and oxygen atoms in total. The Labute approximate surface area is 133 Å². The highest BCUT2D eigenvalue weighted by Gasteiger charge is 2.14. The van der Waals surface area contributed by atoms with E-state index in [1.807, 2.05) is 29.6 Å². The fourth-order valence-electron chi connectivity index (χ4n) is 1.90. The second kappa shape index (κ2) is 6.74. The average Bonchev–Trinajstić information content (AvgIpc) is 2.54. The summed E-state index contributed by atoms with van der Waals surface area (Å²) in [5.74, 6) is 0.322. The van der Waals surface area contributed by atoms with Crippen LogP contribution in [0, 0.1) is 0 Å². The number of hydrogen-bond donors (Lipinski definition) is 1. The molecule has 0 saturated heterocycles. The maximum Gasteiger partial charge on any atom is 0.115 e. The molecule has 104 valence electrons. The van der Waals surface area contributed by atoms with Crippen molar-refractivity contribution in [3.05, 3.63) is 78.9 Å². The first-order valence-electron chi connectivity index (χ1n) is 6.61. The Morgan fingerprint density at radius 3 is 1.10 bits per heavy atom. The molecule has 1 aliphatic heterocycles. The summed E-state index contributed by atoms with van der Waals surface area (Å²) in [5.41, 5.74) is 0. The minimum Gasteiger partial charge on any atom is -0.508 e. The van der Waals surface area contributed by atoms with Crippen LogP contribution >= 0.6 is 23.5 Å². The van der Waals surface area contributed by atoms with Crippen LogP contribution < -0.4 is 0 Å². The summed E-state index contributed by atoms with van der Waals surface area (Å²) >= 11 is 3.72. The van der Waals surface area contributed by atoms with Gasteiger partial charge in [0.05, 0.1) is 0 Å². The first kappa shape index (κ1) is 14.1. The lowest BCUT2D eigenvalue weighted by molar-refractivity contribution is 0.475. The van der Waals surface area contributed by atoms with Crippen molar-refractivity contribution in [2.24, 2.45) is 0 Å². The van der Waals surface area contributed by atoms with E-state index < -0.39 is 0 Å². The largest absolute Gasteiger partial charge is 0.508 e. The van der Waals surface area contributed by atoms with E-state index in [1.165, 1.54) is 19.6 Å². The molecule has 0 aliphatic carbocycles. The van der Waals surface area contributed by atoms with Gasteiger partial charge in [0.2, 0.25) is 0 Å². The fraction of sp³-hybridized carbons (Fsp3) is 0. The van der Waals surface area contributed by atoms with Gasteiger partial charge in [0.25, 0.3) is 0 Å². The highest BCUT2D eigenvalue weighted by atomic mass is 32.2. The van der Waals surface area contributed by atoms with Crippen molar-refractivity contribution in [2.45, 2.75) is 19.6 Å². The molecule has 0 radical (unpaired) electrons. The van der Waals surface area contributed by atoms with Crippen LogP contribution in [0.15, 0.2) is 98.4 Å². The number of phenols is 1. The first-order valence-corrected chi connectivity index (χ1v) is 8.24. The SMILES string of the molecule is Oc1ccccc1.c1ccc2c(c1)Sc1ccccc1S2. The molecule has 3 aromatic carbocycles. The maximum absolute atomic E-state index is 8.63. The lowest BCUT2D eigenvalue weighted by atomic mass is 10.3. The fourth-order valence-corrected chi connectivity index (χ4v) is 4.14. The third-order valence-electron chi connectivity index (χ3n) is 2.89. The molecular weight excluding hydrogens is 296 g/mol. The molecule has 0 spiro atoms. The lowest BCUT2D eigenvalue weighted by Crippen LogP contribution is -1.87. The number of benzene rings is 3. The van der Waals surface area contributed by atoms with Gasteiger partial charge in [-0.1, -0.05) is 66.0 Å². The summed E-state index contributed by atoms with van der Waals surface area (Å²) in [6.45, 7) is 0. The molecule has 1 aliphatic rings. The van der Waals surface area contributed by atoms with Crippen LogP contribution in [0.5, 0.6) is 5.75 Å². The van der Waals surface area contributed by atoms with Crippen LogP contribution in [0.1, 0.15) is 0 Å². The Morgan fingerprint density at radius 2 is 0.810 bits per heavy atom. The summed E-state index contributed by atoms with van der Waals surface area (Å²) in [7, 11) is 0. The number of phenolic OH excluding ortho intramolecular Hbond substituents is 1. The predicted molar refractivity (Wildman–Crippen MR) is 89.2 cm³/mol. The van der Waals surface area contributed by atoms with Crippen LogP contribution in [0.4, 0.5) is 0 Å². The van der Waals surface area contributed by atoms with Gasteiger partial charge in [-0.3, -0.25) is 0 Å². The van der Waals surface area contributed by atoms with Gasteiger partial charge in [-0.2, -0.15) is 0 Å². The van der Waals surface area contributed by atoms with E-state index in [0.29, 0.717) is 5.75 Å². The number of rotatable bonds is 0. The van der Waals surface area contributed by atoms with Crippen molar-refractivity contribution in [2.75, 3.05) is 0 Å². The molecule has 0 unspecified atom stereocenters. The zero-order valence-electron chi connectivity index (χ0n) is 11.3. The van der Waals surface area contributed by atoms with E-state index in [9.17, 15) is 0 Å². The van der Waals surface area contributed by atoms with Crippen LogP contribution in [-0.2, 0) is 0 Å². The Bertz CT molecular complexity index is 639. The van der Waals surface area contributed by atoms with Crippen LogP contribution in [-0.4, -0.2) is 5.11 Å². The minimum atomic E-state index is 0.322. The summed E-state index contributed by atoms with van der Waals surface area (Å²) in [6.07, 6.45) is 0. The molecule has 0 saturated carbocycles. The number of hydrogen-bond acceptors (Lipinski definition) is 3. The van der Waals surface area contributed by atoms with Crippen LogP contribution in [0.2, 0.25) is 0 Å². The minimum absolute atomic E-state index is 0.322. The maximum atomic E-state index is 8.63. The quantitative estimate of drug-likeness (QED) is 0.450.